The van der Waals surface area contributed by atoms with E-state index in [1.54, 1.807) is 7.11 Å². The Morgan fingerprint density at radius 3 is 2.55 bits per heavy atom. The lowest BCUT2D eigenvalue weighted by Crippen LogP contribution is -2.49. The molecule has 5 nitrogen and oxygen atoms in total. The van der Waals surface area contributed by atoms with Crippen molar-refractivity contribution < 1.29 is 18.8 Å². The number of rotatable bonds is 7. The van der Waals surface area contributed by atoms with Gasteiger partial charge in [0.2, 0.25) is 5.69 Å². The van der Waals surface area contributed by atoms with Crippen LogP contribution in [0.4, 0.5) is 0 Å². The van der Waals surface area contributed by atoms with Gasteiger partial charge in [0.1, 0.15) is 0 Å². The van der Waals surface area contributed by atoms with E-state index in [0.29, 0.717) is 12.5 Å². The molecule has 0 bridgehead atoms. The average molecular weight is 562 g/mol. The molecule has 5 aromatic rings. The van der Waals surface area contributed by atoms with Crippen molar-refractivity contribution >= 4 is 21.7 Å². The molecule has 42 heavy (non-hydrogen) atoms. The van der Waals surface area contributed by atoms with Gasteiger partial charge in [0.05, 0.1) is 37.2 Å². The van der Waals surface area contributed by atoms with E-state index in [1.807, 2.05) is 18.7 Å². The minimum absolute atomic E-state index is 0.0106. The molecule has 5 heteroatoms. The van der Waals surface area contributed by atoms with Crippen molar-refractivity contribution in [2.24, 2.45) is 5.92 Å². The second-order valence-electron chi connectivity index (χ2n) is 13.1. The number of benzene rings is 2. The highest BCUT2D eigenvalue weighted by Crippen LogP contribution is 2.48. The zero-order valence-corrected chi connectivity index (χ0v) is 25.6. The molecule has 2 atom stereocenters. The molecule has 0 saturated heterocycles. The molecule has 6 rings (SSSR count). The lowest BCUT2D eigenvalue weighted by atomic mass is 9.74. The Morgan fingerprint density at radius 2 is 1.86 bits per heavy atom. The Bertz CT molecular complexity index is 1810. The molecular weight excluding hydrogens is 520 g/mol. The second kappa shape index (κ2) is 10.8. The normalized spacial score (nSPS) is 16.7. The van der Waals surface area contributed by atoms with Gasteiger partial charge in [0, 0.05) is 42.0 Å². The van der Waals surface area contributed by atoms with Gasteiger partial charge in [-0.1, -0.05) is 65.5 Å². The van der Waals surface area contributed by atoms with E-state index < -0.39 is 0 Å². The third-order valence-electron chi connectivity index (χ3n) is 8.67. The molecule has 0 aliphatic carbocycles. The first-order valence-electron chi connectivity index (χ1n) is 14.9. The van der Waals surface area contributed by atoms with Crippen molar-refractivity contribution in [3.05, 3.63) is 96.2 Å². The Balaban J connectivity index is 1.68. The number of aromatic nitrogens is 2. The van der Waals surface area contributed by atoms with E-state index >= 15 is 0 Å². The summed E-state index contributed by atoms with van der Waals surface area (Å²) < 4.78 is 14.1. The van der Waals surface area contributed by atoms with E-state index in [0.717, 1.165) is 39.8 Å². The lowest BCUT2D eigenvalue weighted by Gasteiger charge is -2.34. The van der Waals surface area contributed by atoms with Gasteiger partial charge in [-0.25, -0.2) is 0 Å². The van der Waals surface area contributed by atoms with Gasteiger partial charge in [-0.05, 0) is 56.8 Å². The molecule has 1 aliphatic rings. The standard InChI is InChI=1S/C37H41N2O3/c1-22(2)14-25-20-42-33-18-38-17-29(34(25)33)24-12-13-39-32(15-24)28-16-31(37(4,5)6)26-10-8-9-11-27(26)35(28)30(21-41-7)36(39)23(3)19-40/h8-13,15-18,20,22,30,36,40H,3,14,19,21H2,1-2,4-7H3/q+1. The summed E-state index contributed by atoms with van der Waals surface area (Å²) in [5.74, 6) is 0.494. The van der Waals surface area contributed by atoms with Gasteiger partial charge in [-0.15, -0.1) is 0 Å². The van der Waals surface area contributed by atoms with E-state index in [9.17, 15) is 5.11 Å². The molecule has 0 spiro atoms. The summed E-state index contributed by atoms with van der Waals surface area (Å²) in [4.78, 5) is 4.55. The molecule has 216 valence electrons. The SMILES string of the molecule is C=C(CO)C1C(COC)c2c(cc(C(C)(C)C)c3ccccc23)-c2cc(-c3cncc4occ(CC(C)C)c34)cc[n+]21. The predicted molar refractivity (Wildman–Crippen MR) is 170 cm³/mol. The molecule has 0 saturated carbocycles. The van der Waals surface area contributed by atoms with Crippen molar-refractivity contribution in [3.8, 4) is 22.4 Å². The number of methoxy groups -OCH3 is 1. The predicted octanol–water partition coefficient (Wildman–Crippen LogP) is 7.93. The molecule has 4 heterocycles. The number of nitrogens with zero attached hydrogens (tertiary/aromatic N) is 2. The molecule has 1 aliphatic heterocycles. The largest absolute Gasteiger partial charge is 0.462 e. The van der Waals surface area contributed by atoms with Crippen LogP contribution in [0.2, 0.25) is 0 Å². The lowest BCUT2D eigenvalue weighted by molar-refractivity contribution is -0.709. The topological polar surface area (TPSA) is 59.4 Å². The first-order valence-corrected chi connectivity index (χ1v) is 14.9. The van der Waals surface area contributed by atoms with E-state index in [-0.39, 0.29) is 24.0 Å². The van der Waals surface area contributed by atoms with Crippen molar-refractivity contribution in [1.82, 2.24) is 4.98 Å². The summed E-state index contributed by atoms with van der Waals surface area (Å²) in [5.41, 5.74) is 9.71. The molecule has 3 aromatic heterocycles. The monoisotopic (exact) mass is 561 g/mol. The number of aliphatic hydroxyl groups excluding tert-OH is 1. The third kappa shape index (κ3) is 4.65. The Kier molecular flexibility index (Phi) is 7.28. The van der Waals surface area contributed by atoms with Crippen LogP contribution in [0, 0.1) is 5.92 Å². The quantitative estimate of drug-likeness (QED) is 0.162. The van der Waals surface area contributed by atoms with Crippen LogP contribution in [0.25, 0.3) is 44.1 Å². The van der Waals surface area contributed by atoms with Crippen LogP contribution < -0.4 is 4.57 Å². The molecule has 0 fully saturated rings. The van der Waals surface area contributed by atoms with E-state index in [4.69, 9.17) is 9.15 Å². The first kappa shape index (κ1) is 28.3. The van der Waals surface area contributed by atoms with Crippen LogP contribution in [-0.2, 0) is 16.6 Å². The van der Waals surface area contributed by atoms with Crippen molar-refractivity contribution in [1.29, 1.82) is 0 Å². The summed E-state index contributed by atoms with van der Waals surface area (Å²) in [7, 11) is 1.75. The fourth-order valence-electron chi connectivity index (χ4n) is 6.91. The minimum Gasteiger partial charge on any atom is -0.462 e. The Morgan fingerprint density at radius 1 is 1.10 bits per heavy atom. The van der Waals surface area contributed by atoms with Crippen LogP contribution in [0.1, 0.15) is 63.3 Å². The summed E-state index contributed by atoms with van der Waals surface area (Å²) >= 11 is 0. The zero-order chi connectivity index (χ0) is 29.8. The second-order valence-corrected chi connectivity index (χ2v) is 13.1. The molecule has 1 N–H and O–H groups in total. The molecule has 0 amide bonds. The highest BCUT2D eigenvalue weighted by molar-refractivity contribution is 5.98. The summed E-state index contributed by atoms with van der Waals surface area (Å²) in [6, 6.07) is 15.4. The van der Waals surface area contributed by atoms with Gasteiger partial charge in [-0.3, -0.25) is 4.98 Å². The van der Waals surface area contributed by atoms with Gasteiger partial charge in [0.25, 0.3) is 0 Å². The highest BCUT2D eigenvalue weighted by Gasteiger charge is 2.43. The highest BCUT2D eigenvalue weighted by atomic mass is 16.5. The average Bonchev–Trinajstić information content (AvgIpc) is 3.37. The smallest absolute Gasteiger partial charge is 0.213 e. The number of furan rings is 1. The Labute approximate surface area is 248 Å². The summed E-state index contributed by atoms with van der Waals surface area (Å²) in [5, 5.41) is 14.0. The fourth-order valence-corrected chi connectivity index (χ4v) is 6.91. The first-order chi connectivity index (χ1) is 20.1. The van der Waals surface area contributed by atoms with Crippen molar-refractivity contribution in [2.45, 2.75) is 58.4 Å². The van der Waals surface area contributed by atoms with Gasteiger partial charge in [0.15, 0.2) is 17.8 Å². The number of hydrogen-bond acceptors (Lipinski definition) is 4. The molecule has 0 radical (unpaired) electrons. The van der Waals surface area contributed by atoms with Crippen molar-refractivity contribution in [3.63, 3.8) is 0 Å². The maximum absolute atomic E-state index is 10.4. The number of aliphatic hydroxyl groups is 1. The van der Waals surface area contributed by atoms with Gasteiger partial charge in [-0.2, -0.15) is 4.57 Å². The summed E-state index contributed by atoms with van der Waals surface area (Å²) in [6.45, 7) is 16.1. The number of fused-ring (bicyclic) bond motifs is 6. The van der Waals surface area contributed by atoms with Gasteiger partial charge >= 0.3 is 0 Å². The number of pyridine rings is 2. The van der Waals surface area contributed by atoms with Crippen LogP contribution in [0.3, 0.4) is 0 Å². The van der Waals surface area contributed by atoms with Crippen LogP contribution in [-0.4, -0.2) is 30.4 Å². The van der Waals surface area contributed by atoms with E-state index in [2.05, 4.69) is 99.4 Å². The number of hydrogen-bond donors (Lipinski definition) is 1. The third-order valence-corrected chi connectivity index (χ3v) is 8.67. The molecule has 2 aromatic carbocycles. The zero-order valence-electron chi connectivity index (χ0n) is 25.6. The number of ether oxygens (including phenoxy) is 1. The van der Waals surface area contributed by atoms with Crippen LogP contribution in [0.15, 0.2) is 83.9 Å². The van der Waals surface area contributed by atoms with Crippen LogP contribution in [0.5, 0.6) is 0 Å². The minimum atomic E-state index is -0.158. The van der Waals surface area contributed by atoms with Gasteiger partial charge < -0.3 is 14.3 Å². The molecular formula is C37H41N2O3+. The maximum atomic E-state index is 10.4. The summed E-state index contributed by atoms with van der Waals surface area (Å²) in [6.07, 6.45) is 8.73. The van der Waals surface area contributed by atoms with Crippen LogP contribution >= 0.6 is 0 Å². The fraction of sp³-hybridized carbons (Fsp3) is 0.351. The molecule has 2 unspecified atom stereocenters. The van der Waals surface area contributed by atoms with Crippen molar-refractivity contribution in [2.75, 3.05) is 20.3 Å². The maximum Gasteiger partial charge on any atom is 0.213 e. The Hall–Kier alpha value is -3.80. The van der Waals surface area contributed by atoms with E-state index in [1.165, 1.54) is 33.0 Å².